The first kappa shape index (κ1) is 7.37. The molecule has 1 rings (SSSR count). The monoisotopic (exact) mass is 135 g/mol. The summed E-state index contributed by atoms with van der Waals surface area (Å²) in [7, 11) is 2.13. The van der Waals surface area contributed by atoms with Gasteiger partial charge in [-0.15, -0.1) is 12.3 Å². The van der Waals surface area contributed by atoms with Gasteiger partial charge in [-0.25, -0.2) is 0 Å². The third-order valence-corrected chi connectivity index (χ3v) is 1.75. The highest BCUT2D eigenvalue weighted by atomic mass is 15.1. The molecule has 0 unspecified atom stereocenters. The quantitative estimate of drug-likeness (QED) is 0.386. The van der Waals surface area contributed by atoms with Crippen LogP contribution in [0.4, 0.5) is 0 Å². The van der Waals surface area contributed by atoms with Crippen LogP contribution < -0.4 is 0 Å². The molecule has 0 spiro atoms. The Morgan fingerprint density at radius 3 is 3.20 bits per heavy atom. The predicted octanol–water partition coefficient (Wildman–Crippen LogP) is 1.27. The van der Waals surface area contributed by atoms with Crippen molar-refractivity contribution in [3.63, 3.8) is 0 Å². The second-order valence-corrected chi connectivity index (χ2v) is 2.77. The first-order valence-electron chi connectivity index (χ1n) is 3.63. The molecule has 1 heterocycles. The molecule has 0 aromatic carbocycles. The SMILES string of the molecule is C#CCC1=CCCN(C)C1. The van der Waals surface area contributed by atoms with E-state index in [1.54, 1.807) is 0 Å². The minimum atomic E-state index is 0.824. The number of hydrogen-bond donors (Lipinski definition) is 0. The Bertz CT molecular complexity index is 174. The molecule has 0 aromatic rings. The summed E-state index contributed by atoms with van der Waals surface area (Å²) in [5, 5.41) is 0. The van der Waals surface area contributed by atoms with Crippen LogP contribution in [0.1, 0.15) is 12.8 Å². The number of likely N-dealkylation sites (N-methyl/N-ethyl adjacent to an activating group) is 1. The Hall–Kier alpha value is -0.740. The Morgan fingerprint density at radius 2 is 2.60 bits per heavy atom. The summed E-state index contributed by atoms with van der Waals surface area (Å²) in [6.45, 7) is 2.23. The molecule has 1 aliphatic heterocycles. The van der Waals surface area contributed by atoms with Crippen LogP contribution >= 0.6 is 0 Å². The van der Waals surface area contributed by atoms with Crippen molar-refractivity contribution >= 4 is 0 Å². The van der Waals surface area contributed by atoms with Gasteiger partial charge < -0.3 is 4.90 Å². The maximum Gasteiger partial charge on any atom is 0.0309 e. The van der Waals surface area contributed by atoms with Crippen molar-refractivity contribution in [3.8, 4) is 12.3 Å². The first-order chi connectivity index (χ1) is 4.83. The minimum Gasteiger partial charge on any atom is -0.302 e. The number of nitrogens with zero attached hydrogens (tertiary/aromatic N) is 1. The zero-order valence-electron chi connectivity index (χ0n) is 6.43. The molecule has 0 saturated carbocycles. The van der Waals surface area contributed by atoms with E-state index in [9.17, 15) is 0 Å². The van der Waals surface area contributed by atoms with Crippen molar-refractivity contribution in [1.82, 2.24) is 4.90 Å². The summed E-state index contributed by atoms with van der Waals surface area (Å²) in [5.74, 6) is 2.66. The molecule has 0 bridgehead atoms. The topological polar surface area (TPSA) is 3.24 Å². The fourth-order valence-corrected chi connectivity index (χ4v) is 1.24. The average molecular weight is 135 g/mol. The summed E-state index contributed by atoms with van der Waals surface area (Å²) in [4.78, 5) is 2.30. The molecule has 0 N–H and O–H groups in total. The molecular weight excluding hydrogens is 122 g/mol. The molecular formula is C9H13N. The number of terminal acetylenes is 1. The molecule has 1 heteroatoms. The molecule has 10 heavy (non-hydrogen) atoms. The lowest BCUT2D eigenvalue weighted by Crippen LogP contribution is -2.25. The van der Waals surface area contributed by atoms with Crippen LogP contribution in [0, 0.1) is 12.3 Å². The van der Waals surface area contributed by atoms with E-state index in [1.807, 2.05) is 0 Å². The molecule has 1 aliphatic rings. The number of rotatable bonds is 1. The largest absolute Gasteiger partial charge is 0.302 e. The molecule has 0 aromatic heterocycles. The van der Waals surface area contributed by atoms with E-state index in [0.29, 0.717) is 0 Å². The van der Waals surface area contributed by atoms with Crippen molar-refractivity contribution in [2.45, 2.75) is 12.8 Å². The van der Waals surface area contributed by atoms with Crippen molar-refractivity contribution < 1.29 is 0 Å². The Balaban J connectivity index is 2.45. The van der Waals surface area contributed by atoms with E-state index in [4.69, 9.17) is 6.42 Å². The van der Waals surface area contributed by atoms with Gasteiger partial charge in [0.2, 0.25) is 0 Å². The highest BCUT2D eigenvalue weighted by Gasteiger charge is 2.05. The molecule has 0 radical (unpaired) electrons. The van der Waals surface area contributed by atoms with E-state index in [-0.39, 0.29) is 0 Å². The third-order valence-electron chi connectivity index (χ3n) is 1.75. The molecule has 0 fully saturated rings. The Morgan fingerprint density at radius 1 is 1.80 bits per heavy atom. The van der Waals surface area contributed by atoms with E-state index in [0.717, 1.165) is 19.4 Å². The van der Waals surface area contributed by atoms with Crippen molar-refractivity contribution in [2.75, 3.05) is 20.1 Å². The summed E-state index contributed by atoms with van der Waals surface area (Å²) >= 11 is 0. The summed E-state index contributed by atoms with van der Waals surface area (Å²) in [5.41, 5.74) is 1.40. The predicted molar refractivity (Wildman–Crippen MR) is 43.6 cm³/mol. The summed E-state index contributed by atoms with van der Waals surface area (Å²) < 4.78 is 0. The van der Waals surface area contributed by atoms with Gasteiger partial charge in [0.05, 0.1) is 0 Å². The van der Waals surface area contributed by atoms with Crippen molar-refractivity contribution in [2.24, 2.45) is 0 Å². The van der Waals surface area contributed by atoms with Gasteiger partial charge in [-0.1, -0.05) is 6.08 Å². The smallest absolute Gasteiger partial charge is 0.0309 e. The standard InChI is InChI=1S/C9H13N/c1-3-5-9-6-4-7-10(2)8-9/h1,6H,4-5,7-8H2,2H3. The van der Waals surface area contributed by atoms with Gasteiger partial charge in [-0.05, 0) is 19.0 Å². The third kappa shape index (κ3) is 1.89. The Kier molecular flexibility index (Phi) is 2.53. The molecule has 0 saturated heterocycles. The molecule has 0 aliphatic carbocycles. The normalized spacial score (nSPS) is 19.8. The second kappa shape index (κ2) is 3.43. The van der Waals surface area contributed by atoms with E-state index in [2.05, 4.69) is 23.9 Å². The molecule has 0 atom stereocenters. The van der Waals surface area contributed by atoms with Crippen LogP contribution in [0.3, 0.4) is 0 Å². The van der Waals surface area contributed by atoms with Gasteiger partial charge >= 0.3 is 0 Å². The van der Waals surface area contributed by atoms with E-state index in [1.165, 1.54) is 12.1 Å². The van der Waals surface area contributed by atoms with Crippen LogP contribution in [0.15, 0.2) is 11.6 Å². The van der Waals surface area contributed by atoms with Crippen LogP contribution in [0.25, 0.3) is 0 Å². The maximum absolute atomic E-state index is 5.20. The van der Waals surface area contributed by atoms with Crippen LogP contribution in [0.2, 0.25) is 0 Å². The van der Waals surface area contributed by atoms with Gasteiger partial charge in [0.1, 0.15) is 0 Å². The lowest BCUT2D eigenvalue weighted by atomic mass is 10.1. The van der Waals surface area contributed by atoms with Gasteiger partial charge in [0.15, 0.2) is 0 Å². The first-order valence-corrected chi connectivity index (χ1v) is 3.63. The van der Waals surface area contributed by atoms with Gasteiger partial charge in [0.25, 0.3) is 0 Å². The van der Waals surface area contributed by atoms with Crippen molar-refractivity contribution in [3.05, 3.63) is 11.6 Å². The fourth-order valence-electron chi connectivity index (χ4n) is 1.24. The number of hydrogen-bond acceptors (Lipinski definition) is 1. The van der Waals surface area contributed by atoms with Crippen LogP contribution in [0.5, 0.6) is 0 Å². The second-order valence-electron chi connectivity index (χ2n) is 2.77. The maximum atomic E-state index is 5.20. The van der Waals surface area contributed by atoms with Crippen LogP contribution in [-0.4, -0.2) is 25.0 Å². The molecule has 0 amide bonds. The van der Waals surface area contributed by atoms with Gasteiger partial charge in [-0.2, -0.15) is 0 Å². The Labute approximate surface area is 62.7 Å². The zero-order valence-corrected chi connectivity index (χ0v) is 6.43. The molecule has 1 nitrogen and oxygen atoms in total. The lowest BCUT2D eigenvalue weighted by Gasteiger charge is -2.21. The summed E-state index contributed by atoms with van der Waals surface area (Å²) in [6.07, 6.45) is 9.44. The van der Waals surface area contributed by atoms with Crippen LogP contribution in [-0.2, 0) is 0 Å². The average Bonchev–Trinajstić information content (AvgIpc) is 1.88. The van der Waals surface area contributed by atoms with Crippen molar-refractivity contribution in [1.29, 1.82) is 0 Å². The van der Waals surface area contributed by atoms with Gasteiger partial charge in [-0.3, -0.25) is 0 Å². The summed E-state index contributed by atoms with van der Waals surface area (Å²) in [6, 6.07) is 0. The highest BCUT2D eigenvalue weighted by Crippen LogP contribution is 2.09. The lowest BCUT2D eigenvalue weighted by molar-refractivity contribution is 0.353. The highest BCUT2D eigenvalue weighted by molar-refractivity contribution is 5.14. The zero-order chi connectivity index (χ0) is 7.40. The minimum absolute atomic E-state index is 0.824. The molecule has 54 valence electrons. The van der Waals surface area contributed by atoms with E-state index < -0.39 is 0 Å². The van der Waals surface area contributed by atoms with E-state index >= 15 is 0 Å². The van der Waals surface area contributed by atoms with Gasteiger partial charge in [0, 0.05) is 19.5 Å². The fraction of sp³-hybridized carbons (Fsp3) is 0.556.